The van der Waals surface area contributed by atoms with E-state index < -0.39 is 0 Å². The van der Waals surface area contributed by atoms with Gasteiger partial charge in [0.1, 0.15) is 0 Å². The first-order valence-electron chi connectivity index (χ1n) is 4.86. The molecule has 0 aromatic rings. The molecule has 0 heterocycles. The van der Waals surface area contributed by atoms with Gasteiger partial charge in [-0.05, 0) is 19.3 Å². The van der Waals surface area contributed by atoms with Crippen LogP contribution in [0.15, 0.2) is 0 Å². The van der Waals surface area contributed by atoms with E-state index in [1.54, 1.807) is 0 Å². The lowest BCUT2D eigenvalue weighted by Crippen LogP contribution is -2.31. The molecule has 0 aliphatic rings. The predicted molar refractivity (Wildman–Crippen MR) is 60.1 cm³/mol. The fourth-order valence-electron chi connectivity index (χ4n) is 1.56. The Bertz CT molecular complexity index is 166. The van der Waals surface area contributed by atoms with Crippen LogP contribution in [0.4, 0.5) is 0 Å². The van der Waals surface area contributed by atoms with Crippen LogP contribution >= 0.6 is 12.6 Å². The Morgan fingerprint density at radius 1 is 1.54 bits per heavy atom. The number of thiol groups is 1. The number of hydrogen-bond acceptors (Lipinski definition) is 2. The minimum atomic E-state index is -0.173. The van der Waals surface area contributed by atoms with Gasteiger partial charge in [-0.1, -0.05) is 20.8 Å². The van der Waals surface area contributed by atoms with E-state index >= 15 is 0 Å². The molecule has 3 heteroatoms. The average Bonchev–Trinajstić information content (AvgIpc) is 1.81. The van der Waals surface area contributed by atoms with E-state index in [4.69, 9.17) is 0 Å². The third-order valence-corrected chi connectivity index (χ3v) is 2.10. The lowest BCUT2D eigenvalue weighted by Gasteiger charge is -2.24. The standard InChI is InChI=1S/C10H21NOS/c1-5-11-9(12)7-10(4,13)6-8(2)3/h8,13H,5-7H2,1-4H3,(H,11,12). The fraction of sp³-hybridized carbons (Fsp3) is 0.900. The van der Waals surface area contributed by atoms with Crippen molar-refractivity contribution in [1.29, 1.82) is 0 Å². The molecule has 13 heavy (non-hydrogen) atoms. The maximum absolute atomic E-state index is 11.3. The van der Waals surface area contributed by atoms with E-state index in [-0.39, 0.29) is 10.7 Å². The van der Waals surface area contributed by atoms with Gasteiger partial charge in [0.05, 0.1) is 0 Å². The summed E-state index contributed by atoms with van der Waals surface area (Å²) in [5.74, 6) is 0.678. The van der Waals surface area contributed by atoms with Crippen molar-refractivity contribution in [2.45, 2.75) is 45.3 Å². The van der Waals surface area contributed by atoms with Crippen molar-refractivity contribution in [2.24, 2.45) is 5.92 Å². The maximum atomic E-state index is 11.3. The van der Waals surface area contributed by atoms with E-state index in [0.717, 1.165) is 6.42 Å². The predicted octanol–water partition coefficient (Wildman–Crippen LogP) is 2.25. The van der Waals surface area contributed by atoms with Crippen molar-refractivity contribution in [3.63, 3.8) is 0 Å². The molecule has 0 bridgehead atoms. The Morgan fingerprint density at radius 3 is 2.46 bits per heavy atom. The second-order valence-electron chi connectivity index (χ2n) is 4.23. The van der Waals surface area contributed by atoms with Gasteiger partial charge in [0, 0.05) is 17.7 Å². The first-order valence-corrected chi connectivity index (χ1v) is 5.31. The van der Waals surface area contributed by atoms with Crippen LogP contribution in [0.5, 0.6) is 0 Å². The Morgan fingerprint density at radius 2 is 2.08 bits per heavy atom. The lowest BCUT2D eigenvalue weighted by molar-refractivity contribution is -0.121. The van der Waals surface area contributed by atoms with Crippen LogP contribution in [-0.2, 0) is 4.79 Å². The molecule has 0 aromatic heterocycles. The van der Waals surface area contributed by atoms with Crippen LogP contribution < -0.4 is 5.32 Å². The summed E-state index contributed by atoms with van der Waals surface area (Å²) in [7, 11) is 0. The molecule has 0 saturated carbocycles. The molecule has 0 rings (SSSR count). The van der Waals surface area contributed by atoms with Crippen LogP contribution in [-0.4, -0.2) is 17.2 Å². The molecule has 1 amide bonds. The number of amides is 1. The summed E-state index contributed by atoms with van der Waals surface area (Å²) in [6.07, 6.45) is 1.47. The van der Waals surface area contributed by atoms with Gasteiger partial charge >= 0.3 is 0 Å². The van der Waals surface area contributed by atoms with Gasteiger partial charge in [-0.3, -0.25) is 4.79 Å². The Kier molecular flexibility index (Phi) is 5.45. The molecule has 0 aromatic carbocycles. The van der Waals surface area contributed by atoms with Crippen molar-refractivity contribution < 1.29 is 4.79 Å². The zero-order valence-electron chi connectivity index (χ0n) is 9.05. The number of carbonyl (C=O) groups excluding carboxylic acids is 1. The molecule has 1 atom stereocenters. The molecule has 1 N–H and O–H groups in total. The summed E-state index contributed by atoms with van der Waals surface area (Å²) < 4.78 is -0.173. The van der Waals surface area contributed by atoms with Crippen molar-refractivity contribution in [3.8, 4) is 0 Å². The van der Waals surface area contributed by atoms with Crippen molar-refractivity contribution in [1.82, 2.24) is 5.32 Å². The molecule has 2 nitrogen and oxygen atoms in total. The fourth-order valence-corrected chi connectivity index (χ4v) is 2.07. The zero-order valence-corrected chi connectivity index (χ0v) is 9.95. The zero-order chi connectivity index (χ0) is 10.5. The second-order valence-corrected chi connectivity index (χ2v) is 5.30. The molecule has 0 aliphatic carbocycles. The third kappa shape index (κ3) is 6.94. The van der Waals surface area contributed by atoms with Gasteiger partial charge in [0.2, 0.25) is 5.91 Å². The van der Waals surface area contributed by atoms with Gasteiger partial charge in [0.25, 0.3) is 0 Å². The van der Waals surface area contributed by atoms with E-state index in [2.05, 4.69) is 31.8 Å². The SMILES string of the molecule is CCNC(=O)CC(C)(S)CC(C)C. The number of carbonyl (C=O) groups is 1. The van der Waals surface area contributed by atoms with Crippen molar-refractivity contribution in [3.05, 3.63) is 0 Å². The normalized spacial score (nSPS) is 15.5. The van der Waals surface area contributed by atoms with Crippen LogP contribution in [0.3, 0.4) is 0 Å². The van der Waals surface area contributed by atoms with Crippen LogP contribution in [0, 0.1) is 5.92 Å². The lowest BCUT2D eigenvalue weighted by atomic mass is 9.94. The molecular weight excluding hydrogens is 182 g/mol. The summed E-state index contributed by atoms with van der Waals surface area (Å²) in [5, 5.41) is 2.79. The summed E-state index contributed by atoms with van der Waals surface area (Å²) >= 11 is 4.50. The summed E-state index contributed by atoms with van der Waals surface area (Å²) in [5.41, 5.74) is 0. The summed E-state index contributed by atoms with van der Waals surface area (Å²) in [6, 6.07) is 0. The first kappa shape index (κ1) is 12.8. The van der Waals surface area contributed by atoms with Gasteiger partial charge in [0.15, 0.2) is 0 Å². The smallest absolute Gasteiger partial charge is 0.221 e. The van der Waals surface area contributed by atoms with Crippen molar-refractivity contribution >= 4 is 18.5 Å². The molecule has 0 saturated heterocycles. The Balaban J connectivity index is 3.93. The highest BCUT2D eigenvalue weighted by atomic mass is 32.1. The van der Waals surface area contributed by atoms with Gasteiger partial charge in [-0.2, -0.15) is 12.6 Å². The maximum Gasteiger partial charge on any atom is 0.221 e. The first-order chi connectivity index (χ1) is 5.87. The van der Waals surface area contributed by atoms with Crippen LogP contribution in [0.25, 0.3) is 0 Å². The second kappa shape index (κ2) is 5.53. The summed E-state index contributed by atoms with van der Waals surface area (Å²) in [4.78, 5) is 11.3. The van der Waals surface area contributed by atoms with Gasteiger partial charge < -0.3 is 5.32 Å². The molecule has 0 aliphatic heterocycles. The third-order valence-electron chi connectivity index (χ3n) is 1.76. The van der Waals surface area contributed by atoms with Crippen LogP contribution in [0.2, 0.25) is 0 Å². The number of rotatable bonds is 5. The van der Waals surface area contributed by atoms with E-state index in [1.165, 1.54) is 0 Å². The molecule has 0 radical (unpaired) electrons. The van der Waals surface area contributed by atoms with Crippen molar-refractivity contribution in [2.75, 3.05) is 6.54 Å². The van der Waals surface area contributed by atoms with Gasteiger partial charge in [-0.25, -0.2) is 0 Å². The quantitative estimate of drug-likeness (QED) is 0.659. The molecular formula is C10H21NOS. The molecule has 0 spiro atoms. The topological polar surface area (TPSA) is 29.1 Å². The van der Waals surface area contributed by atoms with E-state index in [0.29, 0.717) is 18.9 Å². The van der Waals surface area contributed by atoms with E-state index in [1.807, 2.05) is 13.8 Å². The number of hydrogen-bond donors (Lipinski definition) is 2. The molecule has 78 valence electrons. The van der Waals surface area contributed by atoms with Crippen LogP contribution in [0.1, 0.15) is 40.5 Å². The average molecular weight is 203 g/mol. The molecule has 1 unspecified atom stereocenters. The Labute approximate surface area is 86.9 Å². The monoisotopic (exact) mass is 203 g/mol. The van der Waals surface area contributed by atoms with E-state index in [9.17, 15) is 4.79 Å². The van der Waals surface area contributed by atoms with Gasteiger partial charge in [-0.15, -0.1) is 0 Å². The highest BCUT2D eigenvalue weighted by molar-refractivity contribution is 7.81. The minimum absolute atomic E-state index is 0.0978. The highest BCUT2D eigenvalue weighted by Gasteiger charge is 2.23. The largest absolute Gasteiger partial charge is 0.356 e. The molecule has 0 fully saturated rings. The number of nitrogens with one attached hydrogen (secondary N) is 1. The summed E-state index contributed by atoms with van der Waals surface area (Å²) in [6.45, 7) is 8.93. The Hall–Kier alpha value is -0.180. The minimum Gasteiger partial charge on any atom is -0.356 e. The highest BCUT2D eigenvalue weighted by Crippen LogP contribution is 2.26.